The lowest BCUT2D eigenvalue weighted by molar-refractivity contribution is -0.133. The van der Waals surface area contributed by atoms with Crippen molar-refractivity contribution in [2.45, 2.75) is 32.2 Å². The Labute approximate surface area is 151 Å². The molecule has 3 heterocycles. The van der Waals surface area contributed by atoms with Crippen molar-refractivity contribution >= 4 is 17.2 Å². The zero-order chi connectivity index (χ0) is 17.2. The monoisotopic (exact) mass is 352 g/mol. The number of fused-ring (bicyclic) bond motifs is 1. The molecule has 25 heavy (non-hydrogen) atoms. The molecule has 1 aromatic carbocycles. The van der Waals surface area contributed by atoms with Crippen LogP contribution in [0.5, 0.6) is 0 Å². The summed E-state index contributed by atoms with van der Waals surface area (Å²) < 4.78 is 5.80. The van der Waals surface area contributed by atoms with Gasteiger partial charge in [-0.1, -0.05) is 30.3 Å². The third kappa shape index (κ3) is 3.24. The van der Waals surface area contributed by atoms with Crippen LogP contribution in [0, 0.1) is 0 Å². The van der Waals surface area contributed by atoms with Crippen LogP contribution in [-0.4, -0.2) is 22.3 Å². The minimum atomic E-state index is 0.159. The second-order valence-corrected chi connectivity index (χ2v) is 7.30. The molecule has 5 heteroatoms. The lowest BCUT2D eigenvalue weighted by Crippen LogP contribution is -2.38. The summed E-state index contributed by atoms with van der Waals surface area (Å²) in [7, 11) is 0. The highest BCUT2D eigenvalue weighted by Crippen LogP contribution is 2.33. The van der Waals surface area contributed by atoms with Crippen molar-refractivity contribution in [1.82, 2.24) is 9.88 Å². The number of carbonyl (C=O) groups excluding carboxylic acids is 1. The van der Waals surface area contributed by atoms with Crippen molar-refractivity contribution in [3.05, 3.63) is 64.3 Å². The van der Waals surface area contributed by atoms with E-state index in [1.54, 1.807) is 17.5 Å². The van der Waals surface area contributed by atoms with Crippen LogP contribution in [0.25, 0.3) is 11.3 Å². The minimum absolute atomic E-state index is 0.159. The van der Waals surface area contributed by atoms with E-state index in [0.29, 0.717) is 18.7 Å². The number of hydrogen-bond acceptors (Lipinski definition) is 4. The average molecular weight is 352 g/mol. The van der Waals surface area contributed by atoms with E-state index in [1.807, 2.05) is 35.2 Å². The van der Waals surface area contributed by atoms with E-state index in [2.05, 4.69) is 23.4 Å². The SMILES string of the molecule is CC1c2ccsc2CCN1C(=O)CCc1ncc(-c2ccccc2)o1. The number of aryl methyl sites for hydroxylation is 1. The highest BCUT2D eigenvalue weighted by molar-refractivity contribution is 7.10. The number of benzene rings is 1. The van der Waals surface area contributed by atoms with E-state index < -0.39 is 0 Å². The molecule has 0 radical (unpaired) electrons. The minimum Gasteiger partial charge on any atom is -0.441 e. The number of amides is 1. The van der Waals surface area contributed by atoms with Gasteiger partial charge in [0.1, 0.15) is 0 Å². The number of thiophene rings is 1. The summed E-state index contributed by atoms with van der Waals surface area (Å²) in [6, 6.07) is 12.2. The summed E-state index contributed by atoms with van der Waals surface area (Å²) >= 11 is 1.79. The molecule has 3 aromatic rings. The number of nitrogens with zero attached hydrogens (tertiary/aromatic N) is 2. The maximum atomic E-state index is 12.7. The Kier molecular flexibility index (Phi) is 4.40. The predicted octanol–water partition coefficient (Wildman–Crippen LogP) is 4.48. The van der Waals surface area contributed by atoms with Crippen molar-refractivity contribution < 1.29 is 9.21 Å². The molecule has 0 bridgehead atoms. The maximum Gasteiger partial charge on any atom is 0.223 e. The number of aromatic nitrogens is 1. The molecule has 1 aliphatic rings. The molecular weight excluding hydrogens is 332 g/mol. The molecule has 0 saturated carbocycles. The van der Waals surface area contributed by atoms with Crippen molar-refractivity contribution in [2.24, 2.45) is 0 Å². The van der Waals surface area contributed by atoms with E-state index in [-0.39, 0.29) is 11.9 Å². The summed E-state index contributed by atoms with van der Waals surface area (Å²) in [5, 5.41) is 2.12. The molecule has 1 aliphatic heterocycles. The lowest BCUT2D eigenvalue weighted by Gasteiger charge is -2.33. The predicted molar refractivity (Wildman–Crippen MR) is 98.4 cm³/mol. The van der Waals surface area contributed by atoms with Crippen molar-refractivity contribution in [1.29, 1.82) is 0 Å². The first-order valence-electron chi connectivity index (χ1n) is 8.58. The van der Waals surface area contributed by atoms with Gasteiger partial charge in [-0.05, 0) is 30.4 Å². The fourth-order valence-electron chi connectivity index (χ4n) is 3.37. The number of hydrogen-bond donors (Lipinski definition) is 0. The van der Waals surface area contributed by atoms with E-state index in [1.165, 1.54) is 10.4 Å². The molecule has 0 spiro atoms. The molecule has 1 atom stereocenters. The molecule has 0 N–H and O–H groups in total. The van der Waals surface area contributed by atoms with E-state index in [0.717, 1.165) is 24.3 Å². The maximum absolute atomic E-state index is 12.7. The van der Waals surface area contributed by atoms with Gasteiger partial charge in [0.25, 0.3) is 0 Å². The Morgan fingerprint density at radius 2 is 2.16 bits per heavy atom. The van der Waals surface area contributed by atoms with Gasteiger partial charge in [0.2, 0.25) is 5.91 Å². The standard InChI is InChI=1S/C20H20N2O2S/c1-14-16-10-12-25-18(16)9-11-22(14)20(23)8-7-19-21-13-17(24-19)15-5-3-2-4-6-15/h2-6,10,12-14H,7-9,11H2,1H3. The summed E-state index contributed by atoms with van der Waals surface area (Å²) in [6.07, 6.45) is 3.65. The first kappa shape index (κ1) is 16.1. The smallest absolute Gasteiger partial charge is 0.223 e. The number of rotatable bonds is 4. The number of carbonyl (C=O) groups is 1. The zero-order valence-electron chi connectivity index (χ0n) is 14.1. The molecule has 0 aliphatic carbocycles. The van der Waals surface area contributed by atoms with Crippen LogP contribution >= 0.6 is 11.3 Å². The highest BCUT2D eigenvalue weighted by Gasteiger charge is 2.28. The van der Waals surface area contributed by atoms with E-state index in [4.69, 9.17) is 4.42 Å². The van der Waals surface area contributed by atoms with E-state index >= 15 is 0 Å². The zero-order valence-corrected chi connectivity index (χ0v) is 15.0. The average Bonchev–Trinajstić information content (AvgIpc) is 3.30. The summed E-state index contributed by atoms with van der Waals surface area (Å²) in [4.78, 5) is 20.4. The van der Waals surface area contributed by atoms with Crippen molar-refractivity contribution in [2.75, 3.05) is 6.54 Å². The van der Waals surface area contributed by atoms with Crippen LogP contribution in [0.2, 0.25) is 0 Å². The van der Waals surface area contributed by atoms with Crippen LogP contribution in [-0.2, 0) is 17.6 Å². The molecule has 1 unspecified atom stereocenters. The van der Waals surface area contributed by atoms with Gasteiger partial charge in [0, 0.05) is 29.8 Å². The van der Waals surface area contributed by atoms with Gasteiger partial charge in [-0.3, -0.25) is 4.79 Å². The molecule has 4 rings (SSSR count). The topological polar surface area (TPSA) is 46.3 Å². The molecule has 0 fully saturated rings. The Bertz CT molecular complexity index is 869. The second-order valence-electron chi connectivity index (χ2n) is 6.30. The van der Waals surface area contributed by atoms with Gasteiger partial charge < -0.3 is 9.32 Å². The van der Waals surface area contributed by atoms with Gasteiger partial charge in [0.15, 0.2) is 11.7 Å². The van der Waals surface area contributed by atoms with Crippen LogP contribution in [0.3, 0.4) is 0 Å². The van der Waals surface area contributed by atoms with E-state index in [9.17, 15) is 4.79 Å². The second kappa shape index (κ2) is 6.84. The normalized spacial score (nSPS) is 16.7. The van der Waals surface area contributed by atoms with Crippen molar-refractivity contribution in [3.63, 3.8) is 0 Å². The largest absolute Gasteiger partial charge is 0.441 e. The Hall–Kier alpha value is -2.40. The van der Waals surface area contributed by atoms with Crippen LogP contribution < -0.4 is 0 Å². The fourth-order valence-corrected chi connectivity index (χ4v) is 4.33. The lowest BCUT2D eigenvalue weighted by atomic mass is 10.0. The molecule has 1 amide bonds. The van der Waals surface area contributed by atoms with Crippen LogP contribution in [0.15, 0.2) is 52.4 Å². The first-order valence-corrected chi connectivity index (χ1v) is 9.46. The summed E-state index contributed by atoms with van der Waals surface area (Å²) in [5.74, 6) is 1.54. The molecule has 128 valence electrons. The van der Waals surface area contributed by atoms with Crippen molar-refractivity contribution in [3.8, 4) is 11.3 Å². The Morgan fingerprint density at radius 1 is 1.32 bits per heavy atom. The third-order valence-electron chi connectivity index (χ3n) is 4.76. The van der Waals surface area contributed by atoms with Crippen LogP contribution in [0.1, 0.15) is 35.7 Å². The molecule has 0 saturated heterocycles. The quantitative estimate of drug-likeness (QED) is 0.695. The molecule has 2 aromatic heterocycles. The highest BCUT2D eigenvalue weighted by atomic mass is 32.1. The molecular formula is C20H20N2O2S. The summed E-state index contributed by atoms with van der Waals surface area (Å²) in [5.41, 5.74) is 2.30. The van der Waals surface area contributed by atoms with Gasteiger partial charge in [-0.15, -0.1) is 11.3 Å². The Balaban J connectivity index is 1.39. The fraction of sp³-hybridized carbons (Fsp3) is 0.300. The van der Waals surface area contributed by atoms with Gasteiger partial charge in [-0.25, -0.2) is 4.98 Å². The van der Waals surface area contributed by atoms with Gasteiger partial charge in [0.05, 0.1) is 12.2 Å². The van der Waals surface area contributed by atoms with Crippen LogP contribution in [0.4, 0.5) is 0 Å². The van der Waals surface area contributed by atoms with Gasteiger partial charge >= 0.3 is 0 Å². The molecule has 4 nitrogen and oxygen atoms in total. The van der Waals surface area contributed by atoms with Gasteiger partial charge in [-0.2, -0.15) is 0 Å². The third-order valence-corrected chi connectivity index (χ3v) is 5.76. The Morgan fingerprint density at radius 3 is 3.00 bits per heavy atom. The first-order chi connectivity index (χ1) is 12.2. The summed E-state index contributed by atoms with van der Waals surface area (Å²) in [6.45, 7) is 2.91. The number of oxazole rings is 1.